The Labute approximate surface area is 168 Å². The highest BCUT2D eigenvalue weighted by atomic mass is 35.5. The van der Waals surface area contributed by atoms with Crippen molar-refractivity contribution in [3.8, 4) is 11.6 Å². The molecule has 28 heavy (non-hydrogen) atoms. The molecule has 1 saturated heterocycles. The minimum atomic E-state index is -0.371. The second-order valence-corrected chi connectivity index (χ2v) is 7.29. The van der Waals surface area contributed by atoms with Crippen molar-refractivity contribution in [3.05, 3.63) is 52.8 Å². The third-order valence-electron chi connectivity index (χ3n) is 4.98. The molecule has 2 atom stereocenters. The van der Waals surface area contributed by atoms with E-state index in [0.717, 1.165) is 42.3 Å². The first kappa shape index (κ1) is 19.0. The molecule has 2 aromatic carbocycles. The molecule has 2 heterocycles. The van der Waals surface area contributed by atoms with Crippen LogP contribution in [-0.4, -0.2) is 23.5 Å². The second-order valence-electron chi connectivity index (χ2n) is 6.88. The first-order chi connectivity index (χ1) is 13.6. The number of hydrogen-bond acceptors (Lipinski definition) is 4. The lowest BCUT2D eigenvalue weighted by atomic mass is 10.1. The van der Waals surface area contributed by atoms with Crippen molar-refractivity contribution in [2.45, 2.75) is 38.5 Å². The number of halogens is 2. The van der Waals surface area contributed by atoms with Gasteiger partial charge in [-0.05, 0) is 56.5 Å². The summed E-state index contributed by atoms with van der Waals surface area (Å²) in [4.78, 5) is 0. The highest BCUT2D eigenvalue weighted by Crippen LogP contribution is 2.35. The van der Waals surface area contributed by atoms with Crippen LogP contribution in [0.5, 0.6) is 11.6 Å². The molecule has 0 saturated carbocycles. The number of rotatable bonds is 5. The van der Waals surface area contributed by atoms with E-state index in [2.05, 4.69) is 5.10 Å². The van der Waals surface area contributed by atoms with Gasteiger partial charge in [-0.1, -0.05) is 17.7 Å². The lowest BCUT2D eigenvalue weighted by Gasteiger charge is -2.23. The number of aromatic nitrogens is 2. The highest BCUT2D eigenvalue weighted by Gasteiger charge is 2.22. The normalized spacial score (nSPS) is 18.2. The zero-order chi connectivity index (χ0) is 19.7. The van der Waals surface area contributed by atoms with Gasteiger partial charge in [0.25, 0.3) is 0 Å². The fourth-order valence-electron chi connectivity index (χ4n) is 3.55. The number of ether oxygens (including phenoxy) is 3. The topological polar surface area (TPSA) is 45.5 Å². The summed E-state index contributed by atoms with van der Waals surface area (Å²) in [6, 6.07) is 10.0. The molecule has 3 aromatic rings. The molecule has 7 heteroatoms. The lowest BCUT2D eigenvalue weighted by molar-refractivity contribution is -0.0371. The van der Waals surface area contributed by atoms with Gasteiger partial charge in [-0.3, -0.25) is 0 Å². The first-order valence-electron chi connectivity index (χ1n) is 9.36. The lowest BCUT2D eigenvalue weighted by Crippen LogP contribution is -2.19. The van der Waals surface area contributed by atoms with Crippen molar-refractivity contribution >= 4 is 22.5 Å². The molecule has 0 bridgehead atoms. The van der Waals surface area contributed by atoms with Crippen LogP contribution in [0.2, 0.25) is 5.02 Å². The van der Waals surface area contributed by atoms with Crippen LogP contribution < -0.4 is 9.47 Å². The fraction of sp³-hybridized carbons (Fsp3) is 0.381. The van der Waals surface area contributed by atoms with Gasteiger partial charge in [0.2, 0.25) is 5.88 Å². The van der Waals surface area contributed by atoms with Crippen LogP contribution in [-0.2, 0) is 4.74 Å². The van der Waals surface area contributed by atoms with Gasteiger partial charge in [-0.25, -0.2) is 9.07 Å². The Morgan fingerprint density at radius 1 is 1.25 bits per heavy atom. The van der Waals surface area contributed by atoms with E-state index in [1.807, 2.05) is 29.8 Å². The zero-order valence-electron chi connectivity index (χ0n) is 15.8. The molecule has 0 aliphatic carbocycles. The van der Waals surface area contributed by atoms with Crippen molar-refractivity contribution in [1.82, 2.24) is 9.78 Å². The minimum Gasteiger partial charge on any atom is -0.486 e. The third kappa shape index (κ3) is 3.66. The maximum atomic E-state index is 13.3. The molecule has 4 rings (SSSR count). The molecule has 1 aliphatic rings. The average molecular weight is 405 g/mol. The molecule has 1 aromatic heterocycles. The average Bonchev–Trinajstić information content (AvgIpc) is 3.06. The Kier molecular flexibility index (Phi) is 5.42. The SMILES string of the molecule is COc1nn(C2CCCCO2)c2ccc(OC(C)c3ccc(F)cc3Cl)cc12. The van der Waals surface area contributed by atoms with Gasteiger partial charge in [0.05, 0.1) is 23.0 Å². The van der Waals surface area contributed by atoms with Gasteiger partial charge in [0.1, 0.15) is 17.7 Å². The van der Waals surface area contributed by atoms with Crippen molar-refractivity contribution in [2.24, 2.45) is 0 Å². The Morgan fingerprint density at radius 2 is 2.11 bits per heavy atom. The van der Waals surface area contributed by atoms with Crippen LogP contribution in [0, 0.1) is 5.82 Å². The molecule has 2 unspecified atom stereocenters. The maximum absolute atomic E-state index is 13.3. The van der Waals surface area contributed by atoms with E-state index >= 15 is 0 Å². The molecule has 148 valence electrons. The summed E-state index contributed by atoms with van der Waals surface area (Å²) in [6.07, 6.45) is 2.70. The predicted octanol–water partition coefficient (Wildman–Crippen LogP) is 5.68. The number of fused-ring (bicyclic) bond motifs is 1. The van der Waals surface area contributed by atoms with E-state index in [-0.39, 0.29) is 18.1 Å². The van der Waals surface area contributed by atoms with Crippen LogP contribution in [0.25, 0.3) is 10.9 Å². The zero-order valence-corrected chi connectivity index (χ0v) is 16.6. The smallest absolute Gasteiger partial charge is 0.240 e. The Hall–Kier alpha value is -2.31. The van der Waals surface area contributed by atoms with Gasteiger partial charge >= 0.3 is 0 Å². The van der Waals surface area contributed by atoms with E-state index in [4.69, 9.17) is 25.8 Å². The first-order valence-corrected chi connectivity index (χ1v) is 9.74. The largest absolute Gasteiger partial charge is 0.486 e. The molecular formula is C21H22ClFN2O3. The van der Waals surface area contributed by atoms with E-state index in [1.165, 1.54) is 12.1 Å². The van der Waals surface area contributed by atoms with Crippen LogP contribution in [0.15, 0.2) is 36.4 Å². The van der Waals surface area contributed by atoms with Crippen molar-refractivity contribution in [3.63, 3.8) is 0 Å². The van der Waals surface area contributed by atoms with E-state index in [9.17, 15) is 4.39 Å². The van der Waals surface area contributed by atoms with Crippen molar-refractivity contribution in [1.29, 1.82) is 0 Å². The summed E-state index contributed by atoms with van der Waals surface area (Å²) in [5, 5.41) is 5.78. The maximum Gasteiger partial charge on any atom is 0.240 e. The Bertz CT molecular complexity index is 985. The molecule has 5 nitrogen and oxygen atoms in total. The molecule has 0 N–H and O–H groups in total. The molecule has 0 amide bonds. The Balaban J connectivity index is 1.63. The second kappa shape index (κ2) is 7.97. The highest BCUT2D eigenvalue weighted by molar-refractivity contribution is 6.31. The monoisotopic (exact) mass is 404 g/mol. The van der Waals surface area contributed by atoms with Gasteiger partial charge in [-0.2, -0.15) is 0 Å². The van der Waals surface area contributed by atoms with Gasteiger partial charge in [0.15, 0.2) is 6.23 Å². The summed E-state index contributed by atoms with van der Waals surface area (Å²) < 4.78 is 32.6. The van der Waals surface area contributed by atoms with E-state index in [1.54, 1.807) is 13.2 Å². The predicted molar refractivity (Wildman–Crippen MR) is 106 cm³/mol. The summed E-state index contributed by atoms with van der Waals surface area (Å²) in [6.45, 7) is 2.62. The number of methoxy groups -OCH3 is 1. The molecule has 1 aliphatic heterocycles. The minimum absolute atomic E-state index is 0.0798. The van der Waals surface area contributed by atoms with Crippen molar-refractivity contribution in [2.75, 3.05) is 13.7 Å². The van der Waals surface area contributed by atoms with E-state index in [0.29, 0.717) is 16.7 Å². The summed E-state index contributed by atoms with van der Waals surface area (Å²) in [5.41, 5.74) is 1.66. The third-order valence-corrected chi connectivity index (χ3v) is 5.31. The summed E-state index contributed by atoms with van der Waals surface area (Å²) in [5.74, 6) is 0.814. The van der Waals surface area contributed by atoms with Crippen LogP contribution in [0.3, 0.4) is 0 Å². The van der Waals surface area contributed by atoms with Gasteiger partial charge < -0.3 is 14.2 Å². The van der Waals surface area contributed by atoms with Gasteiger partial charge in [-0.15, -0.1) is 5.10 Å². The Morgan fingerprint density at radius 3 is 2.82 bits per heavy atom. The van der Waals surface area contributed by atoms with Crippen LogP contribution in [0.1, 0.15) is 44.1 Å². The van der Waals surface area contributed by atoms with Crippen LogP contribution in [0.4, 0.5) is 4.39 Å². The van der Waals surface area contributed by atoms with Gasteiger partial charge in [0, 0.05) is 12.2 Å². The quantitative estimate of drug-likeness (QED) is 0.549. The van der Waals surface area contributed by atoms with Crippen LogP contribution >= 0.6 is 11.6 Å². The van der Waals surface area contributed by atoms with Crippen molar-refractivity contribution < 1.29 is 18.6 Å². The number of benzene rings is 2. The summed E-state index contributed by atoms with van der Waals surface area (Å²) >= 11 is 6.16. The molecule has 0 spiro atoms. The van der Waals surface area contributed by atoms with E-state index < -0.39 is 0 Å². The standard InChI is InChI=1S/C21H22ClFN2O3/c1-13(16-8-6-14(23)11-18(16)22)28-15-7-9-19-17(12-15)21(26-2)24-25(19)20-5-3-4-10-27-20/h6-9,11-13,20H,3-5,10H2,1-2H3. The number of hydrogen-bond donors (Lipinski definition) is 0. The summed E-state index contributed by atoms with van der Waals surface area (Å²) in [7, 11) is 1.60. The molecule has 1 fully saturated rings. The fourth-order valence-corrected chi connectivity index (χ4v) is 3.87. The number of nitrogens with zero attached hydrogens (tertiary/aromatic N) is 2. The molecule has 0 radical (unpaired) electrons. The molecular weight excluding hydrogens is 383 g/mol.